The number of nitrogens with one attached hydrogen (secondary N) is 2. The highest BCUT2D eigenvalue weighted by Gasteiger charge is 2.24. The number of para-hydroxylation sites is 1. The van der Waals surface area contributed by atoms with Gasteiger partial charge in [0, 0.05) is 7.05 Å². The van der Waals surface area contributed by atoms with Crippen molar-refractivity contribution in [3.05, 3.63) is 46.4 Å². The highest BCUT2D eigenvalue weighted by atomic mass is 16.1. The predicted molar refractivity (Wildman–Crippen MR) is 86.8 cm³/mol. The zero-order valence-corrected chi connectivity index (χ0v) is 12.6. The molecular formula is C15H16N6O. The smallest absolute Gasteiger partial charge is 0.293 e. The summed E-state index contributed by atoms with van der Waals surface area (Å²) in [5, 5.41) is 16.6. The van der Waals surface area contributed by atoms with Gasteiger partial charge in [-0.25, -0.2) is 14.7 Å². The van der Waals surface area contributed by atoms with Gasteiger partial charge in [0.15, 0.2) is 11.5 Å². The van der Waals surface area contributed by atoms with Gasteiger partial charge in [-0.2, -0.15) is 5.10 Å². The Bertz CT molecular complexity index is 856. The number of amidine groups is 1. The predicted octanol–water partition coefficient (Wildman–Crippen LogP) is 1.85. The van der Waals surface area contributed by atoms with Crippen LogP contribution in [0, 0.1) is 12.3 Å². The van der Waals surface area contributed by atoms with Crippen LogP contribution in [-0.2, 0) is 0 Å². The van der Waals surface area contributed by atoms with Gasteiger partial charge in [0.05, 0.1) is 17.1 Å². The van der Waals surface area contributed by atoms with Crippen LogP contribution in [-0.4, -0.2) is 39.1 Å². The second-order valence-electron chi connectivity index (χ2n) is 5.08. The quantitative estimate of drug-likeness (QED) is 0.885. The van der Waals surface area contributed by atoms with E-state index in [1.54, 1.807) is 20.9 Å². The Morgan fingerprint density at radius 3 is 2.50 bits per heavy atom. The maximum Gasteiger partial charge on any atom is 0.297 e. The number of nitrogens with zero attached hydrogens (tertiary/aromatic N) is 4. The van der Waals surface area contributed by atoms with Crippen LogP contribution in [0.3, 0.4) is 0 Å². The fraction of sp³-hybridized carbons (Fsp3) is 0.200. The van der Waals surface area contributed by atoms with Gasteiger partial charge < -0.3 is 0 Å². The maximum absolute atomic E-state index is 12.6. The molecule has 2 N–H and O–H groups in total. The molecule has 7 nitrogen and oxygen atoms in total. The van der Waals surface area contributed by atoms with Crippen molar-refractivity contribution in [2.24, 2.45) is 10.1 Å². The van der Waals surface area contributed by atoms with Crippen molar-refractivity contribution < 1.29 is 0 Å². The molecule has 0 fully saturated rings. The van der Waals surface area contributed by atoms with Gasteiger partial charge in [-0.3, -0.25) is 15.3 Å². The molecule has 0 saturated heterocycles. The van der Waals surface area contributed by atoms with Crippen molar-refractivity contribution in [2.45, 2.75) is 13.8 Å². The number of rotatable bonds is 2. The Labute approximate surface area is 127 Å². The molecule has 0 bridgehead atoms. The maximum atomic E-state index is 12.6. The molecule has 0 amide bonds. The fourth-order valence-corrected chi connectivity index (χ4v) is 2.32. The minimum atomic E-state index is -0.244. The topological polar surface area (TPSA) is 89.6 Å². The normalized spacial score (nSPS) is 16.5. The molecule has 1 aromatic heterocycles. The van der Waals surface area contributed by atoms with Crippen LogP contribution in [0.1, 0.15) is 12.6 Å². The molecule has 7 heteroatoms. The van der Waals surface area contributed by atoms with E-state index >= 15 is 0 Å². The summed E-state index contributed by atoms with van der Waals surface area (Å²) in [4.78, 5) is 16.9. The Hall–Kier alpha value is -2.96. The van der Waals surface area contributed by atoms with E-state index in [-0.39, 0.29) is 11.4 Å². The summed E-state index contributed by atoms with van der Waals surface area (Å²) in [6.07, 6.45) is 0. The number of hydrazone groups is 1. The second-order valence-corrected chi connectivity index (χ2v) is 5.08. The Morgan fingerprint density at radius 2 is 1.91 bits per heavy atom. The fourth-order valence-electron chi connectivity index (χ4n) is 2.32. The number of hydrogen-bond acceptors (Lipinski definition) is 4. The van der Waals surface area contributed by atoms with Crippen LogP contribution in [0.4, 0.5) is 5.69 Å². The molecule has 112 valence electrons. The third kappa shape index (κ3) is 2.16. The standard InChI is InChI=1S/C15H16N6O/c1-9-12(14(16)20(3)18-9)17-13-10(2)19-21(15(13)22)11-7-5-4-6-8-11/h4-8,16,19H,1-3H3. The summed E-state index contributed by atoms with van der Waals surface area (Å²) >= 11 is 0. The molecule has 1 aromatic carbocycles. The highest BCUT2D eigenvalue weighted by Crippen LogP contribution is 2.16. The van der Waals surface area contributed by atoms with Gasteiger partial charge in [0.25, 0.3) is 5.56 Å². The van der Waals surface area contributed by atoms with Crippen molar-refractivity contribution in [3.63, 3.8) is 0 Å². The van der Waals surface area contributed by atoms with Crippen molar-refractivity contribution in [1.82, 2.24) is 14.8 Å². The first-order chi connectivity index (χ1) is 10.5. The molecule has 3 rings (SSSR count). The highest BCUT2D eigenvalue weighted by molar-refractivity contribution is 6.69. The Morgan fingerprint density at radius 1 is 1.23 bits per heavy atom. The molecule has 2 aromatic rings. The lowest BCUT2D eigenvalue weighted by Crippen LogP contribution is -2.23. The van der Waals surface area contributed by atoms with Gasteiger partial charge in [-0.1, -0.05) is 18.2 Å². The van der Waals surface area contributed by atoms with Gasteiger partial charge in [0.1, 0.15) is 5.71 Å². The van der Waals surface area contributed by atoms with Crippen molar-refractivity contribution >= 4 is 22.9 Å². The zero-order chi connectivity index (χ0) is 15.9. The largest absolute Gasteiger partial charge is 0.297 e. The first-order valence-electron chi connectivity index (χ1n) is 6.83. The number of benzene rings is 1. The number of aromatic nitrogens is 2. The number of aryl methyl sites for hydroxylation is 1. The summed E-state index contributed by atoms with van der Waals surface area (Å²) in [6, 6.07) is 9.30. The monoisotopic (exact) mass is 296 g/mol. The lowest BCUT2D eigenvalue weighted by molar-refractivity contribution is 0.557. The molecule has 0 spiro atoms. The molecule has 0 unspecified atom stereocenters. The lowest BCUT2D eigenvalue weighted by Gasteiger charge is -2.03. The van der Waals surface area contributed by atoms with Crippen LogP contribution in [0.15, 0.2) is 45.2 Å². The van der Waals surface area contributed by atoms with E-state index in [0.29, 0.717) is 22.8 Å². The average molecular weight is 296 g/mol. The van der Waals surface area contributed by atoms with E-state index in [4.69, 9.17) is 5.41 Å². The van der Waals surface area contributed by atoms with E-state index in [0.717, 1.165) is 5.69 Å². The van der Waals surface area contributed by atoms with Crippen LogP contribution in [0.25, 0.3) is 5.69 Å². The van der Waals surface area contributed by atoms with Crippen LogP contribution in [0.2, 0.25) is 0 Å². The minimum absolute atomic E-state index is 0.184. The third-order valence-corrected chi connectivity index (χ3v) is 3.47. The molecule has 0 radical (unpaired) electrons. The summed E-state index contributed by atoms with van der Waals surface area (Å²) in [6.45, 7) is 3.56. The number of aliphatic imine (C=N–C) groups is 1. The first kappa shape index (κ1) is 14.0. The van der Waals surface area contributed by atoms with Gasteiger partial charge in [-0.05, 0) is 26.0 Å². The van der Waals surface area contributed by atoms with Crippen molar-refractivity contribution in [1.29, 1.82) is 5.41 Å². The van der Waals surface area contributed by atoms with Crippen LogP contribution in [0.5, 0.6) is 0 Å². The molecule has 0 atom stereocenters. The summed E-state index contributed by atoms with van der Waals surface area (Å²) in [5.41, 5.74) is 2.49. The Kier molecular flexibility index (Phi) is 3.25. The van der Waals surface area contributed by atoms with E-state index < -0.39 is 0 Å². The van der Waals surface area contributed by atoms with E-state index in [1.807, 2.05) is 30.3 Å². The first-order valence-corrected chi connectivity index (χ1v) is 6.83. The van der Waals surface area contributed by atoms with E-state index in [2.05, 4.69) is 15.2 Å². The molecule has 1 aliphatic heterocycles. The van der Waals surface area contributed by atoms with Gasteiger partial charge >= 0.3 is 0 Å². The molecule has 1 aliphatic rings. The number of hydrogen-bond donors (Lipinski definition) is 2. The van der Waals surface area contributed by atoms with Crippen molar-refractivity contribution in [3.8, 4) is 5.69 Å². The molecular weight excluding hydrogens is 280 g/mol. The number of aromatic amines is 1. The second kappa shape index (κ2) is 5.10. The Balaban J connectivity index is 2.11. The minimum Gasteiger partial charge on any atom is -0.293 e. The molecule has 22 heavy (non-hydrogen) atoms. The van der Waals surface area contributed by atoms with Crippen molar-refractivity contribution in [2.75, 3.05) is 7.05 Å². The zero-order valence-electron chi connectivity index (χ0n) is 12.6. The lowest BCUT2D eigenvalue weighted by atomic mass is 10.2. The van der Waals surface area contributed by atoms with Gasteiger partial charge in [0.2, 0.25) is 0 Å². The van der Waals surface area contributed by atoms with E-state index in [1.165, 1.54) is 9.69 Å². The summed E-state index contributed by atoms with van der Waals surface area (Å²) in [7, 11) is 1.68. The molecule has 0 saturated carbocycles. The third-order valence-electron chi connectivity index (χ3n) is 3.47. The molecule has 2 heterocycles. The van der Waals surface area contributed by atoms with E-state index in [9.17, 15) is 4.79 Å². The van der Waals surface area contributed by atoms with Crippen LogP contribution >= 0.6 is 0 Å². The summed E-state index contributed by atoms with van der Waals surface area (Å²) < 4.78 is 1.45. The van der Waals surface area contributed by atoms with Crippen LogP contribution < -0.4 is 5.56 Å². The van der Waals surface area contributed by atoms with Gasteiger partial charge in [-0.15, -0.1) is 0 Å². The number of H-pyrrole nitrogens is 1. The average Bonchev–Trinajstić information content (AvgIpc) is 2.92. The molecule has 0 aliphatic carbocycles. The summed E-state index contributed by atoms with van der Waals surface area (Å²) in [5.74, 6) is 0.184. The SMILES string of the molecule is CC1=NN(C)C(=N)C1=Nc1c(C)[nH]n(-c2ccccc2)c1=O.